The predicted molar refractivity (Wildman–Crippen MR) is 51.6 cm³/mol. The molecule has 1 saturated carbocycles. The Hall–Kier alpha value is -0.860. The molecule has 0 atom stereocenters. The summed E-state index contributed by atoms with van der Waals surface area (Å²) < 4.78 is 0. The Morgan fingerprint density at radius 2 is 2.08 bits per heavy atom. The van der Waals surface area contributed by atoms with E-state index in [0.717, 1.165) is 11.6 Å². The first-order chi connectivity index (χ1) is 6.27. The van der Waals surface area contributed by atoms with Gasteiger partial charge in [-0.05, 0) is 26.2 Å². The van der Waals surface area contributed by atoms with Crippen molar-refractivity contribution < 1.29 is 0 Å². The normalized spacial score (nSPS) is 20.8. The number of hydrogen-bond acceptors (Lipinski definition) is 2. The summed E-state index contributed by atoms with van der Waals surface area (Å²) in [5.74, 6) is 1.99. The van der Waals surface area contributed by atoms with Gasteiger partial charge in [-0.25, -0.2) is 4.98 Å². The van der Waals surface area contributed by atoms with Crippen LogP contribution in [0.3, 0.4) is 0 Å². The molecule has 3 nitrogen and oxygen atoms in total. The third-order valence-electron chi connectivity index (χ3n) is 3.31. The van der Waals surface area contributed by atoms with Crippen LogP contribution in [-0.2, 0) is 5.41 Å². The van der Waals surface area contributed by atoms with Gasteiger partial charge in [-0.2, -0.15) is 5.10 Å². The summed E-state index contributed by atoms with van der Waals surface area (Å²) in [6, 6.07) is 0. The molecule has 0 unspecified atom stereocenters. The topological polar surface area (TPSA) is 41.6 Å². The van der Waals surface area contributed by atoms with E-state index >= 15 is 0 Å². The Labute approximate surface area is 79.0 Å². The maximum atomic E-state index is 4.47. The minimum absolute atomic E-state index is 0.296. The molecule has 1 aromatic heterocycles. The van der Waals surface area contributed by atoms with E-state index in [1.807, 2.05) is 6.92 Å². The van der Waals surface area contributed by atoms with Crippen molar-refractivity contribution in [2.75, 3.05) is 0 Å². The van der Waals surface area contributed by atoms with Crippen LogP contribution in [0.1, 0.15) is 50.7 Å². The molecule has 1 aromatic rings. The average molecular weight is 179 g/mol. The second-order valence-corrected chi connectivity index (χ2v) is 4.09. The molecule has 72 valence electrons. The highest BCUT2D eigenvalue weighted by Crippen LogP contribution is 2.41. The number of aromatic amines is 1. The van der Waals surface area contributed by atoms with Crippen LogP contribution in [0.25, 0.3) is 0 Å². The van der Waals surface area contributed by atoms with Gasteiger partial charge in [0.25, 0.3) is 0 Å². The molecule has 1 aliphatic rings. The van der Waals surface area contributed by atoms with Gasteiger partial charge in [0, 0.05) is 5.41 Å². The van der Waals surface area contributed by atoms with Gasteiger partial charge >= 0.3 is 0 Å². The fourth-order valence-corrected chi connectivity index (χ4v) is 2.37. The van der Waals surface area contributed by atoms with Crippen LogP contribution in [-0.4, -0.2) is 15.2 Å². The largest absolute Gasteiger partial charge is 0.263 e. The Morgan fingerprint density at radius 1 is 1.38 bits per heavy atom. The van der Waals surface area contributed by atoms with Gasteiger partial charge in [0.15, 0.2) is 5.82 Å². The van der Waals surface area contributed by atoms with Crippen molar-refractivity contribution in [2.24, 2.45) is 0 Å². The SMILES string of the molecule is CCC1(c2n[nH]c(C)n2)CCCC1. The molecule has 0 saturated heterocycles. The maximum absolute atomic E-state index is 4.47. The van der Waals surface area contributed by atoms with Crippen LogP contribution in [0.5, 0.6) is 0 Å². The first-order valence-electron chi connectivity index (χ1n) is 5.16. The van der Waals surface area contributed by atoms with Crippen molar-refractivity contribution in [3.8, 4) is 0 Å². The summed E-state index contributed by atoms with van der Waals surface area (Å²) in [6.45, 7) is 4.21. The molecule has 1 heterocycles. The fourth-order valence-electron chi connectivity index (χ4n) is 2.37. The van der Waals surface area contributed by atoms with E-state index in [0.29, 0.717) is 5.41 Å². The summed E-state index contributed by atoms with van der Waals surface area (Å²) >= 11 is 0. The molecule has 13 heavy (non-hydrogen) atoms. The molecule has 0 aromatic carbocycles. The maximum Gasteiger partial charge on any atom is 0.156 e. The Kier molecular flexibility index (Phi) is 2.10. The zero-order valence-corrected chi connectivity index (χ0v) is 8.43. The first-order valence-corrected chi connectivity index (χ1v) is 5.16. The molecule has 0 aliphatic heterocycles. The molecular weight excluding hydrogens is 162 g/mol. The zero-order valence-electron chi connectivity index (χ0n) is 8.43. The predicted octanol–water partition coefficient (Wildman–Crippen LogP) is 2.33. The van der Waals surface area contributed by atoms with Crippen LogP contribution in [0.4, 0.5) is 0 Å². The lowest BCUT2D eigenvalue weighted by Gasteiger charge is -2.23. The van der Waals surface area contributed by atoms with Crippen molar-refractivity contribution >= 4 is 0 Å². The molecule has 3 heteroatoms. The van der Waals surface area contributed by atoms with Gasteiger partial charge < -0.3 is 0 Å². The summed E-state index contributed by atoms with van der Waals surface area (Å²) in [6.07, 6.45) is 6.37. The lowest BCUT2D eigenvalue weighted by molar-refractivity contribution is 0.400. The van der Waals surface area contributed by atoms with Gasteiger partial charge in [0.05, 0.1) is 0 Å². The van der Waals surface area contributed by atoms with Crippen molar-refractivity contribution in [3.63, 3.8) is 0 Å². The number of rotatable bonds is 2. The Morgan fingerprint density at radius 3 is 2.54 bits per heavy atom. The van der Waals surface area contributed by atoms with E-state index in [1.54, 1.807) is 0 Å². The number of hydrogen-bond donors (Lipinski definition) is 1. The smallest absolute Gasteiger partial charge is 0.156 e. The highest BCUT2D eigenvalue weighted by atomic mass is 15.2. The average Bonchev–Trinajstić information content (AvgIpc) is 2.73. The van der Waals surface area contributed by atoms with Crippen LogP contribution in [0.2, 0.25) is 0 Å². The van der Waals surface area contributed by atoms with Crippen LogP contribution < -0.4 is 0 Å². The zero-order chi connectivity index (χ0) is 9.31. The minimum Gasteiger partial charge on any atom is -0.263 e. The molecule has 1 fully saturated rings. The number of nitrogens with zero attached hydrogens (tertiary/aromatic N) is 2. The summed E-state index contributed by atoms with van der Waals surface area (Å²) in [7, 11) is 0. The Balaban J connectivity index is 2.30. The fraction of sp³-hybridized carbons (Fsp3) is 0.800. The van der Waals surface area contributed by atoms with Crippen molar-refractivity contribution in [2.45, 2.75) is 51.4 Å². The van der Waals surface area contributed by atoms with E-state index in [2.05, 4.69) is 22.1 Å². The van der Waals surface area contributed by atoms with E-state index in [1.165, 1.54) is 32.1 Å². The van der Waals surface area contributed by atoms with Gasteiger partial charge in [-0.1, -0.05) is 19.8 Å². The van der Waals surface area contributed by atoms with Gasteiger partial charge in [0.2, 0.25) is 0 Å². The highest BCUT2D eigenvalue weighted by molar-refractivity contribution is 5.09. The number of aryl methyl sites for hydroxylation is 1. The van der Waals surface area contributed by atoms with E-state index in [4.69, 9.17) is 0 Å². The summed E-state index contributed by atoms with van der Waals surface area (Å²) in [5.41, 5.74) is 0.296. The highest BCUT2D eigenvalue weighted by Gasteiger charge is 2.37. The first kappa shape index (κ1) is 8.73. The molecule has 0 amide bonds. The molecule has 2 rings (SSSR count). The Bertz CT molecular complexity index is 284. The number of aromatic nitrogens is 3. The molecule has 1 aliphatic carbocycles. The number of nitrogens with one attached hydrogen (secondary N) is 1. The minimum atomic E-state index is 0.296. The summed E-state index contributed by atoms with van der Waals surface area (Å²) in [5, 5.41) is 7.25. The van der Waals surface area contributed by atoms with Gasteiger partial charge in [0.1, 0.15) is 5.82 Å². The molecule has 1 N–H and O–H groups in total. The van der Waals surface area contributed by atoms with Gasteiger partial charge in [-0.15, -0.1) is 0 Å². The van der Waals surface area contributed by atoms with Crippen molar-refractivity contribution in [1.82, 2.24) is 15.2 Å². The molecule has 0 spiro atoms. The number of H-pyrrole nitrogens is 1. The van der Waals surface area contributed by atoms with E-state index in [-0.39, 0.29) is 0 Å². The second-order valence-electron chi connectivity index (χ2n) is 4.09. The summed E-state index contributed by atoms with van der Waals surface area (Å²) in [4.78, 5) is 4.47. The molecule has 0 bridgehead atoms. The lowest BCUT2D eigenvalue weighted by atomic mass is 9.83. The van der Waals surface area contributed by atoms with E-state index < -0.39 is 0 Å². The lowest BCUT2D eigenvalue weighted by Crippen LogP contribution is -2.22. The third kappa shape index (κ3) is 1.36. The van der Waals surface area contributed by atoms with Crippen LogP contribution in [0, 0.1) is 6.92 Å². The third-order valence-corrected chi connectivity index (χ3v) is 3.31. The van der Waals surface area contributed by atoms with Crippen LogP contribution >= 0.6 is 0 Å². The van der Waals surface area contributed by atoms with Crippen molar-refractivity contribution in [1.29, 1.82) is 0 Å². The quantitative estimate of drug-likeness (QED) is 0.757. The second kappa shape index (κ2) is 3.13. The monoisotopic (exact) mass is 179 g/mol. The standard InChI is InChI=1S/C10H17N3/c1-3-10(6-4-5-7-10)9-11-8(2)12-13-9/h3-7H2,1-2H3,(H,11,12,13). The molecule has 0 radical (unpaired) electrons. The molecular formula is C10H17N3. The van der Waals surface area contributed by atoms with Crippen molar-refractivity contribution in [3.05, 3.63) is 11.6 Å². The van der Waals surface area contributed by atoms with Gasteiger partial charge in [-0.3, -0.25) is 5.10 Å². The van der Waals surface area contributed by atoms with Crippen LogP contribution in [0.15, 0.2) is 0 Å². The van der Waals surface area contributed by atoms with E-state index in [9.17, 15) is 0 Å².